The van der Waals surface area contributed by atoms with E-state index in [9.17, 15) is 9.59 Å². The van der Waals surface area contributed by atoms with E-state index in [2.05, 4.69) is 4.98 Å². The Hall–Kier alpha value is -2.36. The first-order chi connectivity index (χ1) is 9.37. The van der Waals surface area contributed by atoms with Gasteiger partial charge in [0.05, 0.1) is 0 Å². The van der Waals surface area contributed by atoms with E-state index < -0.39 is 11.6 Å². The van der Waals surface area contributed by atoms with Crippen molar-refractivity contribution in [3.05, 3.63) is 48.2 Å². The first-order valence-electron chi connectivity index (χ1n) is 6.38. The van der Waals surface area contributed by atoms with Crippen molar-refractivity contribution in [3.63, 3.8) is 0 Å². The second kappa shape index (κ2) is 5.33. The van der Waals surface area contributed by atoms with Crippen molar-refractivity contribution >= 4 is 22.7 Å². The molecule has 0 aliphatic carbocycles. The second-order valence-corrected chi connectivity index (χ2v) is 5.48. The summed E-state index contributed by atoms with van der Waals surface area (Å²) in [6.45, 7) is 5.33. The molecule has 20 heavy (non-hydrogen) atoms. The van der Waals surface area contributed by atoms with E-state index in [0.29, 0.717) is 5.56 Å². The molecule has 0 radical (unpaired) electrons. The van der Waals surface area contributed by atoms with Crippen molar-refractivity contribution in [2.45, 2.75) is 26.4 Å². The highest BCUT2D eigenvalue weighted by molar-refractivity contribution is 6.14. The van der Waals surface area contributed by atoms with Crippen molar-refractivity contribution in [2.24, 2.45) is 0 Å². The molecule has 2 rings (SSSR count). The van der Waals surface area contributed by atoms with Gasteiger partial charge in [-0.25, -0.2) is 4.79 Å². The monoisotopic (exact) mass is 271 g/mol. The number of H-pyrrole nitrogens is 1. The van der Waals surface area contributed by atoms with Gasteiger partial charge in [-0.1, -0.05) is 18.2 Å². The smallest absolute Gasteiger partial charge is 0.331 e. The zero-order valence-corrected chi connectivity index (χ0v) is 11.8. The van der Waals surface area contributed by atoms with Crippen LogP contribution in [0.5, 0.6) is 0 Å². The van der Waals surface area contributed by atoms with Gasteiger partial charge < -0.3 is 9.72 Å². The van der Waals surface area contributed by atoms with Crippen LogP contribution in [0.25, 0.3) is 10.9 Å². The highest BCUT2D eigenvalue weighted by Gasteiger charge is 2.15. The van der Waals surface area contributed by atoms with Crippen LogP contribution in [-0.2, 0) is 9.53 Å². The SMILES string of the molecule is CC(C)(C)OC(=O)C=CC(=O)c1c[nH]c2ccccc12. The van der Waals surface area contributed by atoms with Gasteiger partial charge in [-0.15, -0.1) is 0 Å². The van der Waals surface area contributed by atoms with Gasteiger partial charge in [-0.2, -0.15) is 0 Å². The minimum absolute atomic E-state index is 0.228. The molecule has 0 aliphatic rings. The number of esters is 1. The number of aromatic amines is 1. The number of para-hydroxylation sites is 1. The van der Waals surface area contributed by atoms with Crippen LogP contribution in [0.4, 0.5) is 0 Å². The molecule has 0 saturated carbocycles. The number of allylic oxidation sites excluding steroid dienone is 1. The minimum Gasteiger partial charge on any atom is -0.457 e. The third-order valence-corrected chi connectivity index (χ3v) is 2.63. The van der Waals surface area contributed by atoms with Crippen molar-refractivity contribution in [1.82, 2.24) is 4.98 Å². The van der Waals surface area contributed by atoms with E-state index in [-0.39, 0.29) is 5.78 Å². The van der Waals surface area contributed by atoms with Gasteiger partial charge in [0.15, 0.2) is 5.78 Å². The molecule has 1 aromatic carbocycles. The lowest BCUT2D eigenvalue weighted by atomic mass is 10.1. The summed E-state index contributed by atoms with van der Waals surface area (Å²) in [7, 11) is 0. The van der Waals surface area contributed by atoms with E-state index in [0.717, 1.165) is 17.0 Å². The standard InChI is InChI=1S/C16H17NO3/c1-16(2,3)20-15(19)9-8-14(18)12-10-17-13-7-5-4-6-11(12)13/h4-10,17H,1-3H3. The Morgan fingerprint density at radius 3 is 2.55 bits per heavy atom. The van der Waals surface area contributed by atoms with Crippen molar-refractivity contribution in [2.75, 3.05) is 0 Å². The van der Waals surface area contributed by atoms with Crippen LogP contribution in [0.3, 0.4) is 0 Å². The molecule has 0 atom stereocenters. The molecule has 104 valence electrons. The van der Waals surface area contributed by atoms with Gasteiger partial charge in [0.1, 0.15) is 5.60 Å². The molecule has 0 saturated heterocycles. The molecule has 0 amide bonds. The molecule has 1 N–H and O–H groups in total. The van der Waals surface area contributed by atoms with E-state index in [4.69, 9.17) is 4.74 Å². The lowest BCUT2D eigenvalue weighted by molar-refractivity contribution is -0.148. The molecule has 0 spiro atoms. The first kappa shape index (κ1) is 14.1. The summed E-state index contributed by atoms with van der Waals surface area (Å²) in [6.07, 6.45) is 4.05. The Kier molecular flexibility index (Phi) is 3.74. The summed E-state index contributed by atoms with van der Waals surface area (Å²) >= 11 is 0. The van der Waals surface area contributed by atoms with E-state index in [1.807, 2.05) is 24.3 Å². The number of fused-ring (bicyclic) bond motifs is 1. The fourth-order valence-corrected chi connectivity index (χ4v) is 1.84. The summed E-state index contributed by atoms with van der Waals surface area (Å²) in [5.74, 6) is -0.751. The molecule has 4 heteroatoms. The number of benzene rings is 1. The van der Waals surface area contributed by atoms with Crippen LogP contribution in [0.15, 0.2) is 42.6 Å². The number of hydrogen-bond donors (Lipinski definition) is 1. The van der Waals surface area contributed by atoms with Crippen LogP contribution in [0.2, 0.25) is 0 Å². The Bertz CT molecular complexity index is 674. The average Bonchev–Trinajstić information content (AvgIpc) is 2.78. The summed E-state index contributed by atoms with van der Waals surface area (Å²) in [5.41, 5.74) is 0.868. The quantitative estimate of drug-likeness (QED) is 0.529. The van der Waals surface area contributed by atoms with Gasteiger partial charge in [-0.3, -0.25) is 4.79 Å². The highest BCUT2D eigenvalue weighted by atomic mass is 16.6. The molecule has 0 bridgehead atoms. The Morgan fingerprint density at radius 2 is 1.85 bits per heavy atom. The summed E-state index contributed by atoms with van der Waals surface area (Å²) in [5, 5.41) is 0.839. The number of ketones is 1. The zero-order valence-electron chi connectivity index (χ0n) is 11.8. The number of ether oxygens (including phenoxy) is 1. The Balaban J connectivity index is 2.14. The van der Waals surface area contributed by atoms with Gasteiger partial charge in [0.2, 0.25) is 0 Å². The van der Waals surface area contributed by atoms with Gasteiger partial charge in [0.25, 0.3) is 0 Å². The largest absolute Gasteiger partial charge is 0.457 e. The molecule has 2 aromatic rings. The van der Waals surface area contributed by atoms with Crippen LogP contribution in [-0.4, -0.2) is 22.3 Å². The van der Waals surface area contributed by atoms with Gasteiger partial charge >= 0.3 is 5.97 Å². The van der Waals surface area contributed by atoms with E-state index in [1.54, 1.807) is 27.0 Å². The average molecular weight is 271 g/mol. The van der Waals surface area contributed by atoms with Crippen LogP contribution in [0, 0.1) is 0 Å². The minimum atomic E-state index is -0.564. The lowest BCUT2D eigenvalue weighted by Gasteiger charge is -2.17. The van der Waals surface area contributed by atoms with Crippen molar-refractivity contribution in [1.29, 1.82) is 0 Å². The summed E-state index contributed by atoms with van der Waals surface area (Å²) in [6, 6.07) is 7.51. The Labute approximate surface area is 117 Å². The number of aromatic nitrogens is 1. The third kappa shape index (κ3) is 3.35. The molecule has 0 unspecified atom stereocenters. The summed E-state index contributed by atoms with van der Waals surface area (Å²) in [4.78, 5) is 26.6. The third-order valence-electron chi connectivity index (χ3n) is 2.63. The number of carbonyl (C=O) groups excluding carboxylic acids is 2. The first-order valence-corrected chi connectivity index (χ1v) is 6.38. The lowest BCUT2D eigenvalue weighted by Crippen LogP contribution is -2.22. The second-order valence-electron chi connectivity index (χ2n) is 5.48. The molecule has 4 nitrogen and oxygen atoms in total. The maximum absolute atomic E-state index is 12.1. The predicted molar refractivity (Wildman–Crippen MR) is 77.6 cm³/mol. The number of carbonyl (C=O) groups is 2. The van der Waals surface area contributed by atoms with Crippen molar-refractivity contribution < 1.29 is 14.3 Å². The molecular formula is C16H17NO3. The number of hydrogen-bond acceptors (Lipinski definition) is 3. The van der Waals surface area contributed by atoms with Gasteiger partial charge in [0, 0.05) is 28.7 Å². The molecule has 1 heterocycles. The van der Waals surface area contributed by atoms with Crippen LogP contribution < -0.4 is 0 Å². The maximum atomic E-state index is 12.1. The van der Waals surface area contributed by atoms with Crippen molar-refractivity contribution in [3.8, 4) is 0 Å². The Morgan fingerprint density at radius 1 is 1.15 bits per heavy atom. The molecule has 0 aliphatic heterocycles. The number of nitrogens with one attached hydrogen (secondary N) is 1. The highest BCUT2D eigenvalue weighted by Crippen LogP contribution is 2.18. The topological polar surface area (TPSA) is 59.2 Å². The van der Waals surface area contributed by atoms with E-state index >= 15 is 0 Å². The fraction of sp³-hybridized carbons (Fsp3) is 0.250. The molecule has 0 fully saturated rings. The molecular weight excluding hydrogens is 254 g/mol. The predicted octanol–water partition coefficient (Wildman–Crippen LogP) is 3.25. The van der Waals surface area contributed by atoms with Crippen LogP contribution >= 0.6 is 0 Å². The summed E-state index contributed by atoms with van der Waals surface area (Å²) < 4.78 is 5.11. The fourth-order valence-electron chi connectivity index (χ4n) is 1.84. The van der Waals surface area contributed by atoms with Crippen LogP contribution in [0.1, 0.15) is 31.1 Å². The zero-order chi connectivity index (χ0) is 14.8. The van der Waals surface area contributed by atoms with Gasteiger partial charge in [-0.05, 0) is 32.9 Å². The van der Waals surface area contributed by atoms with E-state index in [1.165, 1.54) is 6.08 Å². The number of rotatable bonds is 3. The normalized spacial score (nSPS) is 11.9. The maximum Gasteiger partial charge on any atom is 0.331 e. The molecule has 1 aromatic heterocycles.